The molecule has 11 aromatic rings. The Morgan fingerprint density at radius 2 is 0.687 bits per heavy atom. The third kappa shape index (κ3) is 2.48. The molecule has 0 amide bonds. The molecule has 0 bridgehead atoms. The average Bonchev–Trinajstić information content (AvgIpc) is 1.39. The van der Waals surface area contributed by atoms with Crippen molar-refractivity contribution in [3.8, 4) is 11.1 Å². The lowest BCUT2D eigenvalue weighted by Gasteiger charge is -2.65. The highest BCUT2D eigenvalue weighted by Crippen LogP contribution is 3.01. The summed E-state index contributed by atoms with van der Waals surface area (Å²) in [6.45, 7) is 10.0. The van der Waals surface area contributed by atoms with Crippen LogP contribution in [0.25, 0.3) is 97.3 Å². The molecule has 0 radical (unpaired) electrons. The maximum absolute atomic E-state index is 3.14. The Balaban J connectivity index is 0.881. The molecule has 22 aliphatic carbocycles. The molecule has 1 heterocycles. The summed E-state index contributed by atoms with van der Waals surface area (Å²) in [5, 5.41) is 31.0. The molecular weight excluding hydrogens is 1020 g/mol. The molecule has 0 saturated heterocycles. The highest BCUT2D eigenvalue weighted by molar-refractivity contribution is 8.00. The first-order valence-corrected chi connectivity index (χ1v) is 36.1. The van der Waals surface area contributed by atoms with Crippen molar-refractivity contribution in [2.24, 2.45) is 23.7 Å². The van der Waals surface area contributed by atoms with E-state index in [0.29, 0.717) is 118 Å². The minimum absolute atomic E-state index is 0.00155. The standard InChI is InChI=1S/C82H56S/c1-5-9-11-17(7-3)13-19-15-20(14-18(8-4)12-10-6-2)80-21(16-19)81-76-68-60-50-40-32-24-22-23-26-30-28(24)36-44-38(30)48-42-34(26)35-27(23)31-29-25(22)33(32)41-47-37(29)45-39(31)49-43(35)53-52(42)64-58(48)66-56(44)62(54(60)46(36)40)70(76)72(66)78-74(64)75-65(53)59(49)67-57(45)63-55(47)61(51(41)50)69(68)77(81)71(63)73(67)79(75)82(78,81)83-80/h15-18,24,26,28,30,32,34,40,42,50-53,61,65,69,71,73,75,77,79H,5-14H2,1-4H3. The molecule has 34 rings (SSSR count). The lowest BCUT2D eigenvalue weighted by atomic mass is 9.39. The summed E-state index contributed by atoms with van der Waals surface area (Å²) in [4.78, 5) is 1.88. The molecular formula is C82H56S. The van der Waals surface area contributed by atoms with Gasteiger partial charge in [0.15, 0.2) is 0 Å². The highest BCUT2D eigenvalue weighted by Gasteiger charge is 2.90. The number of unbranched alkanes of at least 4 members (excludes halogenated alkanes) is 2. The van der Waals surface area contributed by atoms with Gasteiger partial charge in [0.05, 0.1) is 4.75 Å². The minimum atomic E-state index is 0.00155. The lowest BCUT2D eigenvalue weighted by molar-refractivity contribution is 0.0341. The fraction of sp³-hybridized carbons (Fsp3) is 0.463. The average molecular weight is 1070 g/mol. The van der Waals surface area contributed by atoms with Crippen LogP contribution in [-0.4, -0.2) is 0 Å². The Morgan fingerprint density at radius 1 is 0.349 bits per heavy atom. The summed E-state index contributed by atoms with van der Waals surface area (Å²) in [5.74, 6) is 14.8. The first kappa shape index (κ1) is 37.9. The van der Waals surface area contributed by atoms with Crippen molar-refractivity contribution in [2.75, 3.05) is 0 Å². The van der Waals surface area contributed by atoms with Crippen LogP contribution in [0.4, 0.5) is 0 Å². The zero-order valence-electron chi connectivity index (χ0n) is 47.3. The maximum atomic E-state index is 3.14. The van der Waals surface area contributed by atoms with Crippen molar-refractivity contribution in [2.45, 2.75) is 213 Å². The van der Waals surface area contributed by atoms with Gasteiger partial charge in [0.1, 0.15) is 0 Å². The van der Waals surface area contributed by atoms with Gasteiger partial charge in [-0.25, -0.2) is 0 Å². The predicted molar refractivity (Wildman–Crippen MR) is 331 cm³/mol. The normalized spacial score (nSPS) is 43.1. The molecule has 11 aromatic carbocycles. The summed E-state index contributed by atoms with van der Waals surface area (Å²) in [6, 6.07) is 6.11. The molecule has 0 aromatic heterocycles. The van der Waals surface area contributed by atoms with Crippen LogP contribution in [0.15, 0.2) is 17.0 Å². The van der Waals surface area contributed by atoms with Crippen molar-refractivity contribution in [1.29, 1.82) is 0 Å². The van der Waals surface area contributed by atoms with Crippen molar-refractivity contribution in [3.05, 3.63) is 140 Å². The Kier molecular flexibility index (Phi) is 4.47. The SMILES string of the molecule is CCCCC(CC)Cc1cc(CC(CC)CCCC)c2c(c1)C13c4c5c6c7c8c9c%10c%11c%12c%13c%14c%15c(c%16c%13c%10c7c4-%16)C1(S2)C1C%15C2c4c7c%10c%13c%15c%16c%17c%18c%19c%20c%21c%22c%23c(c4c4c%22c%19c%16c%104)C2C%14C%12C%23C%21C%11C9C%20C%18C8C6C%17C%15C5C3C%13C71. The predicted octanol–water partition coefficient (Wildman–Crippen LogP) is 20.0. The summed E-state index contributed by atoms with van der Waals surface area (Å²) in [6.07, 6.45) is 13.4. The number of hydrogen-bond acceptors (Lipinski definition) is 1. The van der Waals surface area contributed by atoms with Gasteiger partial charge in [0, 0.05) is 10.3 Å². The zero-order valence-corrected chi connectivity index (χ0v) is 48.2. The quantitative estimate of drug-likeness (QED) is 0.110. The second-order valence-corrected chi connectivity index (χ2v) is 35.7. The smallest absolute Gasteiger partial charge is 0.0645 e. The Morgan fingerprint density at radius 3 is 1.13 bits per heavy atom. The van der Waals surface area contributed by atoms with Crippen LogP contribution < -0.4 is 0 Å². The molecule has 24 atom stereocenters. The van der Waals surface area contributed by atoms with Crippen LogP contribution in [0.3, 0.4) is 0 Å². The van der Waals surface area contributed by atoms with Crippen LogP contribution >= 0.6 is 11.8 Å². The number of fused-ring (bicyclic) bond motifs is 1. The second-order valence-electron chi connectivity index (χ2n) is 34.5. The van der Waals surface area contributed by atoms with Crippen molar-refractivity contribution < 1.29 is 0 Å². The lowest BCUT2D eigenvalue weighted by Crippen LogP contribution is -2.62. The van der Waals surface area contributed by atoms with Crippen molar-refractivity contribution in [1.82, 2.24) is 0 Å². The third-order valence-electron chi connectivity index (χ3n) is 34.6. The zero-order chi connectivity index (χ0) is 51.1. The molecule has 2 spiro atoms. The van der Waals surface area contributed by atoms with E-state index < -0.39 is 0 Å². The molecule has 0 nitrogen and oxygen atoms in total. The van der Waals surface area contributed by atoms with Gasteiger partial charge in [-0.2, -0.15) is 0 Å². The summed E-state index contributed by atoms with van der Waals surface area (Å²) in [7, 11) is 0. The van der Waals surface area contributed by atoms with E-state index >= 15 is 0 Å². The van der Waals surface area contributed by atoms with E-state index in [1.807, 2.05) is 169 Å². The van der Waals surface area contributed by atoms with Crippen LogP contribution in [0.2, 0.25) is 0 Å². The molecule has 0 N–H and O–H groups in total. The molecule has 1 heteroatoms. The van der Waals surface area contributed by atoms with Gasteiger partial charge in [-0.3, -0.25) is 0 Å². The largest absolute Gasteiger partial charge is 0.112 e. The van der Waals surface area contributed by atoms with Gasteiger partial charge in [-0.15, -0.1) is 11.8 Å². The van der Waals surface area contributed by atoms with Gasteiger partial charge < -0.3 is 0 Å². The highest BCUT2D eigenvalue weighted by atomic mass is 32.2. The van der Waals surface area contributed by atoms with E-state index in [1.165, 1.54) is 64.2 Å². The van der Waals surface area contributed by atoms with Crippen LogP contribution in [-0.2, 0) is 23.0 Å². The van der Waals surface area contributed by atoms with E-state index in [9.17, 15) is 0 Å². The third-order valence-corrected chi connectivity index (χ3v) is 36.4. The van der Waals surface area contributed by atoms with Crippen LogP contribution in [0, 0.1) is 23.7 Å². The molecule has 83 heavy (non-hydrogen) atoms. The molecule has 1 saturated carbocycles. The van der Waals surface area contributed by atoms with E-state index in [0.717, 1.165) is 11.8 Å². The van der Waals surface area contributed by atoms with Crippen molar-refractivity contribution >= 4 is 97.9 Å². The molecule has 390 valence electrons. The van der Waals surface area contributed by atoms with E-state index in [2.05, 4.69) is 107 Å². The Labute approximate surface area is 483 Å². The minimum Gasteiger partial charge on any atom is -0.112 e. The van der Waals surface area contributed by atoms with E-state index in [-0.39, 0.29) is 10.2 Å². The monoisotopic (exact) mass is 1070 g/mol. The molecule has 1 fully saturated rings. The van der Waals surface area contributed by atoms with Crippen LogP contribution in [0.1, 0.15) is 314 Å². The van der Waals surface area contributed by atoms with Gasteiger partial charge >= 0.3 is 0 Å². The number of hydrogen-bond donors (Lipinski definition) is 0. The first-order valence-electron chi connectivity index (χ1n) is 35.2. The Bertz CT molecular complexity index is 5800. The summed E-state index contributed by atoms with van der Waals surface area (Å²) < 4.78 is 0.0355. The van der Waals surface area contributed by atoms with Gasteiger partial charge in [-0.05, 0) is 368 Å². The van der Waals surface area contributed by atoms with E-state index in [4.69, 9.17) is 0 Å². The van der Waals surface area contributed by atoms with E-state index in [1.54, 1.807) is 5.56 Å². The summed E-state index contributed by atoms with van der Waals surface area (Å²) >= 11 is 2.71. The van der Waals surface area contributed by atoms with Gasteiger partial charge in [0.25, 0.3) is 0 Å². The second kappa shape index (κ2) is 9.79. The fourth-order valence-electron chi connectivity index (χ4n) is 34.8. The number of thioether (sulfide) groups is 1. The summed E-state index contributed by atoms with van der Waals surface area (Å²) in [5.41, 5.74) is 50.7. The first-order chi connectivity index (χ1) is 41.2. The fourth-order valence-corrected chi connectivity index (χ4v) is 37.0. The number of rotatable bonds is 12. The van der Waals surface area contributed by atoms with Crippen LogP contribution in [0.5, 0.6) is 0 Å². The molecule has 1 aliphatic heterocycles. The van der Waals surface area contributed by atoms with Gasteiger partial charge in [-0.1, -0.05) is 91.2 Å². The molecule has 23 aliphatic rings. The molecule has 24 unspecified atom stereocenters. The maximum Gasteiger partial charge on any atom is 0.0645 e. The van der Waals surface area contributed by atoms with Crippen molar-refractivity contribution in [3.63, 3.8) is 0 Å². The van der Waals surface area contributed by atoms with Gasteiger partial charge in [0.2, 0.25) is 0 Å². The number of benzene rings is 10. The topological polar surface area (TPSA) is 0 Å². The Hall–Kier alpha value is -5.37.